The van der Waals surface area contributed by atoms with Crippen molar-refractivity contribution in [1.82, 2.24) is 0 Å². The molecule has 0 spiro atoms. The first-order chi connectivity index (χ1) is 41.8. The molecule has 7 fully saturated rings. The molecule has 32 nitrogen and oxygen atoms in total. The van der Waals surface area contributed by atoms with Gasteiger partial charge in [-0.15, -0.1) is 0 Å². The minimum Gasteiger partial charge on any atom is -0.506 e. The van der Waals surface area contributed by atoms with Crippen molar-refractivity contribution in [2.24, 2.45) is 0 Å². The fraction of sp³-hybridized carbons (Fsp3) is 0.964. The molecule has 37 atom stereocenters. The van der Waals surface area contributed by atoms with Gasteiger partial charge in [-0.05, 0) is 51.4 Å². The van der Waals surface area contributed by atoms with Crippen LogP contribution < -0.4 is 0 Å². The standard InChI is InChI=1S/C56H96O32/c1-9-17-25-26(57)34(65)49(73)82-42-18(10-2)75-51(36(67)27(42)58)84-44-20(12-4)77-53(38(69)29(44)60)86-46-22(14-6)79-55(40(71)31(46)62)88-48-24(16-8)80-56(41(72)33(48)64)87-47-23(15-7)78-54(39(70)32(47)63)85-45-21(13-5)76-52(37(68)30(45)61)83-43-19(11-3)74-50(81-25)35(66)28(43)59/h18-25,27-33,35-73H,9-17H2,1-8H3. The highest BCUT2D eigenvalue weighted by Crippen LogP contribution is 2.40. The molecule has 0 aromatic carbocycles. The van der Waals surface area contributed by atoms with Crippen molar-refractivity contribution in [3.63, 3.8) is 0 Å². The van der Waals surface area contributed by atoms with E-state index in [1.807, 2.05) is 0 Å². The summed E-state index contributed by atoms with van der Waals surface area (Å²) < 4.78 is 90.7. The van der Waals surface area contributed by atoms with E-state index in [1.165, 1.54) is 0 Å². The molecule has 7 saturated heterocycles. The Morgan fingerprint density at radius 2 is 0.409 bits per heavy atom. The lowest BCUT2D eigenvalue weighted by molar-refractivity contribution is -0.395. The van der Waals surface area contributed by atoms with E-state index in [9.17, 15) is 86.8 Å². The van der Waals surface area contributed by atoms with E-state index in [2.05, 4.69) is 0 Å². The summed E-state index contributed by atoms with van der Waals surface area (Å²) in [4.78, 5) is 0. The van der Waals surface area contributed by atoms with Gasteiger partial charge in [0, 0.05) is 0 Å². The van der Waals surface area contributed by atoms with E-state index in [-0.39, 0.29) is 57.8 Å². The lowest BCUT2D eigenvalue weighted by atomic mass is 9.93. The zero-order valence-corrected chi connectivity index (χ0v) is 50.5. The van der Waals surface area contributed by atoms with Crippen LogP contribution in [0.4, 0.5) is 0 Å². The van der Waals surface area contributed by atoms with Crippen molar-refractivity contribution in [2.75, 3.05) is 0 Å². The van der Waals surface area contributed by atoms with Crippen molar-refractivity contribution < 1.29 is 158 Å². The lowest BCUT2D eigenvalue weighted by Crippen LogP contribution is -2.67. The second-order valence-electron chi connectivity index (χ2n) is 23.8. The molecule has 0 amide bonds. The number of rotatable bonds is 9. The molecule has 37 unspecified atom stereocenters. The second kappa shape index (κ2) is 31.1. The van der Waals surface area contributed by atoms with Gasteiger partial charge in [0.2, 0.25) is 6.29 Å². The SMILES string of the molecule is CCCC1OC2OC(CC)C(OC3OC(CC)C(OC4OC(CC)C(OC5OC(CC)C(OC6OC(CC)C(OC7OC(CC)C(OC8OC(CC)C(OC(O)C(O)=C1O)C(O)C8O)C(O)C7O)C(O)C6O)C(O)C5O)C(O)C4O)C(O)C3O)C(O)C2O. The molecular weight excluding hydrogens is 1180 g/mol. The zero-order chi connectivity index (χ0) is 64.5. The first-order valence-electron chi connectivity index (χ1n) is 31.0. The van der Waals surface area contributed by atoms with Crippen LogP contribution in [0.15, 0.2) is 11.5 Å². The maximum atomic E-state index is 11.7. The molecule has 512 valence electrons. The molecule has 18 heterocycles. The van der Waals surface area contributed by atoms with E-state index in [0.29, 0.717) is 0 Å². The monoisotopic (exact) mass is 1280 g/mol. The van der Waals surface area contributed by atoms with Crippen LogP contribution in [-0.2, 0) is 71.1 Å². The number of ether oxygens (including phenoxy) is 15. The Labute approximate surface area is 508 Å². The first-order valence-corrected chi connectivity index (χ1v) is 31.0. The minimum absolute atomic E-state index is 0.00177. The number of fused-ring (bicyclic) bond motifs is 1. The van der Waals surface area contributed by atoms with Crippen molar-refractivity contribution in [1.29, 1.82) is 0 Å². The molecule has 14 bridgehead atoms. The third-order valence-corrected chi connectivity index (χ3v) is 18.0. The van der Waals surface area contributed by atoms with E-state index in [1.54, 1.807) is 55.4 Å². The molecule has 18 rings (SSSR count). The number of aliphatic hydroxyl groups is 17. The normalized spacial score (nSPS) is 52.4. The number of hydrogen-bond donors (Lipinski definition) is 17. The van der Waals surface area contributed by atoms with Gasteiger partial charge >= 0.3 is 0 Å². The van der Waals surface area contributed by atoms with Gasteiger partial charge in [0.25, 0.3) is 0 Å². The Hall–Kier alpha value is -1.86. The molecule has 18 aliphatic heterocycles. The fourth-order valence-corrected chi connectivity index (χ4v) is 12.7. The maximum Gasteiger partial charge on any atom is 0.218 e. The Balaban J connectivity index is 1.07. The Morgan fingerprint density at radius 1 is 0.227 bits per heavy atom. The van der Waals surface area contributed by atoms with Crippen LogP contribution >= 0.6 is 0 Å². The van der Waals surface area contributed by atoms with Crippen molar-refractivity contribution in [3.8, 4) is 0 Å². The summed E-state index contributed by atoms with van der Waals surface area (Å²) in [5.41, 5.74) is 0. The summed E-state index contributed by atoms with van der Waals surface area (Å²) in [6.45, 7) is 13.1. The van der Waals surface area contributed by atoms with Gasteiger partial charge < -0.3 is 158 Å². The molecule has 0 radical (unpaired) electrons. The predicted molar refractivity (Wildman–Crippen MR) is 289 cm³/mol. The van der Waals surface area contributed by atoms with Gasteiger partial charge in [-0.2, -0.15) is 0 Å². The molecule has 0 aliphatic carbocycles. The zero-order valence-electron chi connectivity index (χ0n) is 50.5. The molecule has 0 saturated carbocycles. The van der Waals surface area contributed by atoms with E-state index >= 15 is 0 Å². The first kappa shape index (κ1) is 72.0. The van der Waals surface area contributed by atoms with Crippen LogP contribution in [0.2, 0.25) is 0 Å². The van der Waals surface area contributed by atoms with Gasteiger partial charge in [-0.25, -0.2) is 0 Å². The third-order valence-electron chi connectivity index (χ3n) is 18.0. The molecule has 18 aliphatic rings. The van der Waals surface area contributed by atoms with Gasteiger partial charge in [0.1, 0.15) is 134 Å². The van der Waals surface area contributed by atoms with E-state index in [4.69, 9.17) is 71.1 Å². The van der Waals surface area contributed by atoms with Crippen molar-refractivity contribution in [2.45, 2.75) is 341 Å². The lowest BCUT2D eigenvalue weighted by Gasteiger charge is -2.50. The maximum absolute atomic E-state index is 11.7. The van der Waals surface area contributed by atoms with E-state index in [0.717, 1.165) is 0 Å². The molecule has 17 N–H and O–H groups in total. The van der Waals surface area contributed by atoms with Crippen LogP contribution in [0.25, 0.3) is 0 Å². The Morgan fingerprint density at radius 3 is 0.591 bits per heavy atom. The summed E-state index contributed by atoms with van der Waals surface area (Å²) in [5, 5.41) is 196. The van der Waals surface area contributed by atoms with E-state index < -0.39 is 239 Å². The average molecular weight is 1280 g/mol. The summed E-state index contributed by atoms with van der Waals surface area (Å²) >= 11 is 0. The molecule has 0 aromatic heterocycles. The highest BCUT2D eigenvalue weighted by molar-refractivity contribution is 5.09. The molecule has 88 heavy (non-hydrogen) atoms. The van der Waals surface area contributed by atoms with Crippen LogP contribution in [0.5, 0.6) is 0 Å². The molecule has 32 heteroatoms. The summed E-state index contributed by atoms with van der Waals surface area (Å²) in [7, 11) is 0. The number of aliphatic hydroxyl groups excluding tert-OH is 17. The van der Waals surface area contributed by atoms with Gasteiger partial charge in [-0.1, -0.05) is 61.8 Å². The fourth-order valence-electron chi connectivity index (χ4n) is 12.7. The molecule has 0 aromatic rings. The topological polar surface area (TPSA) is 482 Å². The Bertz CT molecular complexity index is 2160. The quantitative estimate of drug-likeness (QED) is 0.103. The summed E-state index contributed by atoms with van der Waals surface area (Å²) in [6.07, 6.45) is -60.9. The highest BCUT2D eigenvalue weighted by Gasteiger charge is 2.59. The van der Waals surface area contributed by atoms with Crippen LogP contribution in [0.1, 0.15) is 113 Å². The third kappa shape index (κ3) is 14.7. The molecular formula is C56H96O32. The Kier molecular flexibility index (Phi) is 25.5. The van der Waals surface area contributed by atoms with Gasteiger partial charge in [-0.3, -0.25) is 0 Å². The number of hydrogen-bond acceptors (Lipinski definition) is 32. The largest absolute Gasteiger partial charge is 0.506 e. The smallest absolute Gasteiger partial charge is 0.218 e. The van der Waals surface area contributed by atoms with Crippen molar-refractivity contribution >= 4 is 0 Å². The summed E-state index contributed by atoms with van der Waals surface area (Å²) in [5.74, 6) is -2.24. The van der Waals surface area contributed by atoms with Gasteiger partial charge in [0.05, 0.1) is 42.7 Å². The second-order valence-corrected chi connectivity index (χ2v) is 23.8. The van der Waals surface area contributed by atoms with Crippen LogP contribution in [0.3, 0.4) is 0 Å². The average Bonchev–Trinajstić information content (AvgIpc) is 1.22. The minimum atomic E-state index is -2.44. The summed E-state index contributed by atoms with van der Waals surface area (Å²) in [6, 6.07) is 0. The van der Waals surface area contributed by atoms with Crippen LogP contribution in [-0.4, -0.2) is 314 Å². The van der Waals surface area contributed by atoms with Crippen molar-refractivity contribution in [3.05, 3.63) is 11.5 Å². The highest BCUT2D eigenvalue weighted by atomic mass is 16.8. The predicted octanol–water partition coefficient (Wildman–Crippen LogP) is -4.48. The van der Waals surface area contributed by atoms with Crippen LogP contribution in [0, 0.1) is 0 Å². The van der Waals surface area contributed by atoms with Gasteiger partial charge in [0.15, 0.2) is 55.5 Å².